The lowest BCUT2D eigenvalue weighted by molar-refractivity contribution is -0.346. The molecule has 218 valence electrons. The number of ether oxygens (including phenoxy) is 2. The number of allylic oxidation sites excluding steroid dienone is 4. The Morgan fingerprint density at radius 3 is 2.67 bits per heavy atom. The second-order valence-electron chi connectivity index (χ2n) is 12.1. The molecule has 2 saturated carbocycles. The lowest BCUT2D eigenvalue weighted by atomic mass is 9.59. The molecule has 0 aromatic carbocycles. The third-order valence-electron chi connectivity index (χ3n) is 9.59. The quantitative estimate of drug-likeness (QED) is 0.232. The molecule has 12 atom stereocenters. The molecule has 8 N–H and O–H groups in total. The van der Waals surface area contributed by atoms with Gasteiger partial charge >= 0.3 is 0 Å². The fourth-order valence-corrected chi connectivity index (χ4v) is 7.47. The number of aliphatic hydroxyl groups is 5. The molecule has 4 fully saturated rings. The predicted molar refractivity (Wildman–Crippen MR) is 138 cm³/mol. The van der Waals surface area contributed by atoms with Crippen molar-refractivity contribution >= 4 is 11.6 Å². The summed E-state index contributed by atoms with van der Waals surface area (Å²) in [5.74, 6) is -3.44. The van der Waals surface area contributed by atoms with Crippen molar-refractivity contribution in [3.05, 3.63) is 23.5 Å². The summed E-state index contributed by atoms with van der Waals surface area (Å²) in [6.45, 7) is 1.90. The zero-order valence-corrected chi connectivity index (χ0v) is 22.3. The maximum atomic E-state index is 13.7. The van der Waals surface area contributed by atoms with Gasteiger partial charge in [0.15, 0.2) is 12.1 Å². The highest BCUT2D eigenvalue weighted by Gasteiger charge is 2.58. The normalized spacial score (nSPS) is 46.7. The van der Waals surface area contributed by atoms with Gasteiger partial charge in [-0.05, 0) is 64.0 Å². The van der Waals surface area contributed by atoms with Gasteiger partial charge in [0.2, 0.25) is 0 Å². The van der Waals surface area contributed by atoms with Gasteiger partial charge in [-0.3, -0.25) is 9.59 Å². The van der Waals surface area contributed by atoms with Gasteiger partial charge in [0, 0.05) is 5.92 Å². The predicted octanol–water partition coefficient (Wildman–Crippen LogP) is -0.191. The SMILES string of the molecule is CC1=CC2C(=O)C3CCCC(OC4OC(CO)C(O)C(O)(CCC5CCNC(N)C5)C4O)C3C(=O)C2C(O)=C1. The molecule has 11 heteroatoms. The van der Waals surface area contributed by atoms with E-state index in [0.29, 0.717) is 32.1 Å². The molecule has 3 aliphatic carbocycles. The van der Waals surface area contributed by atoms with E-state index in [1.165, 1.54) is 6.08 Å². The lowest BCUT2D eigenvalue weighted by Gasteiger charge is -2.50. The number of ketones is 2. The summed E-state index contributed by atoms with van der Waals surface area (Å²) < 4.78 is 11.9. The molecule has 2 saturated heterocycles. The fraction of sp³-hybridized carbons (Fsp3) is 0.786. The summed E-state index contributed by atoms with van der Waals surface area (Å²) in [6.07, 6.45) is 0.0124. The highest BCUT2D eigenvalue weighted by molar-refractivity contribution is 6.02. The van der Waals surface area contributed by atoms with Gasteiger partial charge in [0.1, 0.15) is 35.5 Å². The van der Waals surface area contributed by atoms with Crippen LogP contribution in [0.2, 0.25) is 0 Å². The third-order valence-corrected chi connectivity index (χ3v) is 9.59. The number of hydrogen-bond acceptors (Lipinski definition) is 11. The van der Waals surface area contributed by atoms with Gasteiger partial charge in [-0.25, -0.2) is 0 Å². The van der Waals surface area contributed by atoms with E-state index >= 15 is 0 Å². The highest BCUT2D eigenvalue weighted by Crippen LogP contribution is 2.47. The summed E-state index contributed by atoms with van der Waals surface area (Å²) in [4.78, 5) is 27.1. The summed E-state index contributed by atoms with van der Waals surface area (Å²) in [5.41, 5.74) is 4.71. The molecule has 0 aromatic heterocycles. The van der Waals surface area contributed by atoms with E-state index in [4.69, 9.17) is 15.2 Å². The number of piperidine rings is 1. The van der Waals surface area contributed by atoms with Crippen molar-refractivity contribution in [2.24, 2.45) is 35.3 Å². The van der Waals surface area contributed by atoms with E-state index in [0.717, 1.165) is 18.5 Å². The van der Waals surface area contributed by atoms with Gasteiger partial charge < -0.3 is 46.1 Å². The van der Waals surface area contributed by atoms with Crippen molar-refractivity contribution in [3.8, 4) is 0 Å². The molecule has 12 unspecified atom stereocenters. The van der Waals surface area contributed by atoms with Crippen molar-refractivity contribution in [1.82, 2.24) is 5.32 Å². The van der Waals surface area contributed by atoms with Crippen LogP contribution in [0.4, 0.5) is 0 Å². The number of Topliss-reactive ketones (excluding diaryl/α,β-unsaturated/α-hetero) is 2. The minimum absolute atomic E-state index is 0.0364. The van der Waals surface area contributed by atoms with Crippen molar-refractivity contribution in [2.75, 3.05) is 13.2 Å². The van der Waals surface area contributed by atoms with E-state index < -0.39 is 66.6 Å². The maximum absolute atomic E-state index is 13.7. The standard InChI is InChI=1S/C28H42N2O9/c1-13-9-16-21(17(32)10-13)24(34)22-15(23(16)33)3-2-4-18(22)38-27-26(36)28(37,25(35)19(12-31)39-27)7-5-14-6-8-30-20(29)11-14/h9-10,14-16,18-22,25-27,30-32,35-37H,2-8,11-12,29H2,1H3. The molecular formula is C28H42N2O9. The van der Waals surface area contributed by atoms with Crippen LogP contribution in [0.3, 0.4) is 0 Å². The molecule has 39 heavy (non-hydrogen) atoms. The minimum atomic E-state index is -2.02. The van der Waals surface area contributed by atoms with Crippen LogP contribution in [0.5, 0.6) is 0 Å². The van der Waals surface area contributed by atoms with Gasteiger partial charge in [0.05, 0.1) is 36.6 Å². The number of aliphatic hydroxyl groups excluding tert-OH is 4. The Kier molecular flexibility index (Phi) is 8.34. The first-order chi connectivity index (χ1) is 18.5. The van der Waals surface area contributed by atoms with Crippen LogP contribution < -0.4 is 11.1 Å². The van der Waals surface area contributed by atoms with Crippen LogP contribution >= 0.6 is 0 Å². The second-order valence-corrected chi connectivity index (χ2v) is 12.1. The van der Waals surface area contributed by atoms with E-state index in [2.05, 4.69) is 5.32 Å². The second kappa shape index (κ2) is 11.3. The van der Waals surface area contributed by atoms with Crippen molar-refractivity contribution in [2.45, 2.75) is 94.3 Å². The molecule has 2 aliphatic heterocycles. The van der Waals surface area contributed by atoms with E-state index in [-0.39, 0.29) is 35.8 Å². The van der Waals surface area contributed by atoms with Crippen LogP contribution in [0, 0.1) is 29.6 Å². The molecule has 0 spiro atoms. The van der Waals surface area contributed by atoms with Crippen LogP contribution in [-0.2, 0) is 19.1 Å². The van der Waals surface area contributed by atoms with E-state index in [1.54, 1.807) is 13.0 Å². The Morgan fingerprint density at radius 1 is 1.18 bits per heavy atom. The van der Waals surface area contributed by atoms with Crippen molar-refractivity contribution in [1.29, 1.82) is 0 Å². The molecule has 0 bridgehead atoms. The maximum Gasteiger partial charge on any atom is 0.187 e. The van der Waals surface area contributed by atoms with Crippen molar-refractivity contribution < 1.29 is 44.6 Å². The first-order valence-corrected chi connectivity index (χ1v) is 14.2. The average Bonchev–Trinajstić information content (AvgIpc) is 2.90. The van der Waals surface area contributed by atoms with E-state index in [9.17, 15) is 35.1 Å². The first kappa shape index (κ1) is 28.8. The van der Waals surface area contributed by atoms with Crippen LogP contribution in [-0.4, -0.2) is 92.7 Å². The summed E-state index contributed by atoms with van der Waals surface area (Å²) in [7, 11) is 0. The zero-order chi connectivity index (χ0) is 28.1. The Hall–Kier alpha value is -1.70. The Balaban J connectivity index is 1.35. The van der Waals surface area contributed by atoms with Gasteiger partial charge in [-0.1, -0.05) is 18.1 Å². The van der Waals surface area contributed by atoms with E-state index in [1.807, 2.05) is 0 Å². The summed E-state index contributed by atoms with van der Waals surface area (Å²) in [5, 5.41) is 57.4. The highest BCUT2D eigenvalue weighted by atomic mass is 16.7. The van der Waals surface area contributed by atoms with Crippen LogP contribution in [0.15, 0.2) is 23.5 Å². The van der Waals surface area contributed by atoms with Crippen LogP contribution in [0.1, 0.15) is 51.9 Å². The van der Waals surface area contributed by atoms with Crippen molar-refractivity contribution in [3.63, 3.8) is 0 Å². The molecule has 0 radical (unpaired) electrons. The molecule has 0 amide bonds. The number of rotatable bonds is 6. The Bertz CT molecular complexity index is 1020. The monoisotopic (exact) mass is 550 g/mol. The fourth-order valence-electron chi connectivity index (χ4n) is 7.47. The number of fused-ring (bicyclic) bond motifs is 2. The van der Waals surface area contributed by atoms with Gasteiger partial charge in [-0.15, -0.1) is 0 Å². The van der Waals surface area contributed by atoms with Gasteiger partial charge in [0.25, 0.3) is 0 Å². The smallest absolute Gasteiger partial charge is 0.187 e. The third kappa shape index (κ3) is 5.24. The largest absolute Gasteiger partial charge is 0.512 e. The average molecular weight is 551 g/mol. The number of nitrogens with one attached hydrogen (secondary N) is 1. The zero-order valence-electron chi connectivity index (χ0n) is 22.3. The topological polar surface area (TPSA) is 192 Å². The minimum Gasteiger partial charge on any atom is -0.512 e. The summed E-state index contributed by atoms with van der Waals surface area (Å²) in [6, 6.07) is 0. The Morgan fingerprint density at radius 2 is 1.95 bits per heavy atom. The molecular weight excluding hydrogens is 508 g/mol. The number of carbonyl (C=O) groups is 2. The number of hydrogen-bond donors (Lipinski definition) is 7. The number of nitrogens with two attached hydrogens (primary N) is 1. The molecule has 5 aliphatic rings. The molecule has 2 heterocycles. The first-order valence-electron chi connectivity index (χ1n) is 14.2. The van der Waals surface area contributed by atoms with Crippen LogP contribution in [0.25, 0.3) is 0 Å². The lowest BCUT2D eigenvalue weighted by Crippen LogP contribution is -2.68. The molecule has 0 aromatic rings. The number of carbonyl (C=O) groups excluding carboxylic acids is 2. The summed E-state index contributed by atoms with van der Waals surface area (Å²) >= 11 is 0. The Labute approximate surface area is 228 Å². The molecule has 11 nitrogen and oxygen atoms in total. The molecule has 5 rings (SSSR count). The van der Waals surface area contributed by atoms with Gasteiger partial charge in [-0.2, -0.15) is 0 Å².